The second kappa shape index (κ2) is 15.9. The summed E-state index contributed by atoms with van der Waals surface area (Å²) >= 11 is 0. The Balaban J connectivity index is 0.780. The third-order valence-electron chi connectivity index (χ3n) is 12.8. The van der Waals surface area contributed by atoms with E-state index in [0.29, 0.717) is 73.1 Å². The summed E-state index contributed by atoms with van der Waals surface area (Å²) in [5, 5.41) is 22.7. The van der Waals surface area contributed by atoms with Gasteiger partial charge in [0.2, 0.25) is 0 Å². The summed E-state index contributed by atoms with van der Waals surface area (Å²) in [6.45, 7) is 4.01. The van der Waals surface area contributed by atoms with Gasteiger partial charge in [0.05, 0.1) is 25.9 Å². The lowest BCUT2D eigenvalue weighted by atomic mass is 9.86. The van der Waals surface area contributed by atoms with E-state index in [4.69, 9.17) is 8.48 Å². The summed E-state index contributed by atoms with van der Waals surface area (Å²) < 4.78 is 51.8. The number of nitrogens with one attached hydrogen (secondary N) is 1. The van der Waals surface area contributed by atoms with Gasteiger partial charge in [0.25, 0.3) is 5.91 Å². The minimum atomic E-state index is -1.69. The fourth-order valence-corrected chi connectivity index (χ4v) is 9.43. The van der Waals surface area contributed by atoms with Crippen LogP contribution < -0.4 is 20.9 Å². The largest absolute Gasteiger partial charge is 0.507 e. The van der Waals surface area contributed by atoms with Crippen molar-refractivity contribution in [3.8, 4) is 17.0 Å². The minimum Gasteiger partial charge on any atom is -0.507 e. The van der Waals surface area contributed by atoms with Crippen molar-refractivity contribution in [2.45, 2.75) is 62.8 Å². The number of aromatic hydroxyl groups is 1. The molecular weight excluding hydrogens is 749 g/mol. The van der Waals surface area contributed by atoms with Crippen LogP contribution in [0.1, 0.15) is 68.8 Å². The first kappa shape index (κ1) is 36.5. The number of carbonyl (C=O) groups excluding carboxylic acids is 1. The number of anilines is 3. The molecule has 59 heavy (non-hydrogen) atoms. The molecule has 11 nitrogen and oxygen atoms in total. The fourth-order valence-electron chi connectivity index (χ4n) is 9.43. The maximum atomic E-state index is 16.8. The maximum Gasteiger partial charge on any atom is 0.253 e. The number of piperidine rings is 3. The number of phenolic OH excluding ortho intramolecular Hbond substituents is 1. The Labute approximate surface area is 346 Å². The molecule has 1 amide bonds. The van der Waals surface area contributed by atoms with Crippen LogP contribution in [0.4, 0.5) is 26.0 Å². The standard InChI is InChI=1S/C46H53F2N9O2/c1-32-28-57(40-13-12-36(26-38(32)40)56-21-5-19-50-31-56)35-14-22-53(23-15-35)29-45(47)17-24-54(25-18-45)44(59)33-8-10-34(11-9-33)46(48)16-4-20-55(30-46)41-27-39(51-52-43(41)49)37-6-2-3-7-42(37)58/h2-3,5-13,21,26-28,35,50,58H,4,14-20,22-25,29-31H2,1H3,(H2,49,52)/i19D,31D. The van der Waals surface area contributed by atoms with Crippen molar-refractivity contribution in [1.82, 2.24) is 29.9 Å². The smallest absolute Gasteiger partial charge is 0.253 e. The number of phenols is 1. The van der Waals surface area contributed by atoms with E-state index in [9.17, 15) is 9.90 Å². The van der Waals surface area contributed by atoms with Gasteiger partial charge in [-0.15, -0.1) is 10.2 Å². The second-order valence-electron chi connectivity index (χ2n) is 16.7. The number of halogens is 2. The van der Waals surface area contributed by atoms with Gasteiger partial charge >= 0.3 is 0 Å². The van der Waals surface area contributed by atoms with E-state index in [-0.39, 0.29) is 36.9 Å². The zero-order chi connectivity index (χ0) is 42.5. The highest BCUT2D eigenvalue weighted by atomic mass is 19.1. The van der Waals surface area contributed by atoms with Crippen molar-refractivity contribution in [2.24, 2.45) is 0 Å². The predicted octanol–water partition coefficient (Wildman–Crippen LogP) is 7.32. The summed E-state index contributed by atoms with van der Waals surface area (Å²) in [7, 11) is 0. The first-order valence-corrected chi connectivity index (χ1v) is 20.7. The number of nitrogens with zero attached hydrogens (tertiary/aromatic N) is 7. The number of benzene rings is 3. The molecule has 9 rings (SSSR count). The highest BCUT2D eigenvalue weighted by molar-refractivity contribution is 5.94. The molecule has 13 heteroatoms. The van der Waals surface area contributed by atoms with Gasteiger partial charge in [0.15, 0.2) is 11.5 Å². The van der Waals surface area contributed by atoms with Crippen LogP contribution in [0, 0.1) is 6.92 Å². The molecule has 4 aliphatic heterocycles. The molecule has 4 aliphatic rings. The van der Waals surface area contributed by atoms with E-state index in [0.717, 1.165) is 42.5 Å². The molecule has 3 aromatic carbocycles. The lowest BCUT2D eigenvalue weighted by Crippen LogP contribution is -2.51. The van der Waals surface area contributed by atoms with E-state index in [2.05, 4.69) is 50.2 Å². The average Bonchev–Trinajstić information content (AvgIpc) is 3.59. The van der Waals surface area contributed by atoms with Crippen LogP contribution in [-0.2, 0) is 5.67 Å². The van der Waals surface area contributed by atoms with Crippen molar-refractivity contribution in [3.05, 3.63) is 108 Å². The van der Waals surface area contributed by atoms with Gasteiger partial charge in [0.1, 0.15) is 11.4 Å². The third-order valence-corrected chi connectivity index (χ3v) is 12.8. The zero-order valence-electron chi connectivity index (χ0n) is 35.4. The number of nitrogens with two attached hydrogens (primary N) is 1. The summed E-state index contributed by atoms with van der Waals surface area (Å²) in [4.78, 5) is 21.3. The number of carbonyl (C=O) groups is 1. The van der Waals surface area contributed by atoms with Crippen LogP contribution in [0.25, 0.3) is 22.2 Å². The number of alkyl halides is 2. The van der Waals surface area contributed by atoms with Gasteiger partial charge in [-0.1, -0.05) is 30.3 Å². The number of hydrogen-bond donors (Lipinski definition) is 3. The van der Waals surface area contributed by atoms with Crippen LogP contribution >= 0.6 is 0 Å². The number of para-hydroxylation sites is 1. The molecule has 0 saturated carbocycles. The molecule has 0 spiro atoms. The number of fused-ring (bicyclic) bond motifs is 1. The van der Waals surface area contributed by atoms with Crippen LogP contribution in [0.15, 0.2) is 91.3 Å². The highest BCUT2D eigenvalue weighted by Gasteiger charge is 2.40. The summed E-state index contributed by atoms with van der Waals surface area (Å²) in [5.74, 6) is 0.0694. The van der Waals surface area contributed by atoms with E-state index in [1.54, 1.807) is 71.8 Å². The van der Waals surface area contributed by atoms with Gasteiger partial charge in [-0.3, -0.25) is 10.1 Å². The molecule has 308 valence electrons. The Bertz CT molecular complexity index is 2430. The van der Waals surface area contributed by atoms with Crippen LogP contribution in [0.2, 0.25) is 0 Å². The summed E-state index contributed by atoms with van der Waals surface area (Å²) in [5.41, 5.74) is 8.82. The van der Waals surface area contributed by atoms with Crippen molar-refractivity contribution >= 4 is 34.0 Å². The summed E-state index contributed by atoms with van der Waals surface area (Å²) in [6, 6.07) is 21.9. The maximum absolute atomic E-state index is 16.8. The van der Waals surface area contributed by atoms with E-state index >= 15 is 8.78 Å². The van der Waals surface area contributed by atoms with Crippen LogP contribution in [-0.4, -0.2) is 100 Å². The molecule has 3 fully saturated rings. The number of rotatable bonds is 8. The van der Waals surface area contributed by atoms with Gasteiger partial charge in [0, 0.05) is 106 Å². The number of hydrogen-bond acceptors (Lipinski definition) is 9. The Morgan fingerprint density at radius 1 is 0.983 bits per heavy atom. The van der Waals surface area contributed by atoms with Gasteiger partial charge in [-0.2, -0.15) is 0 Å². The summed E-state index contributed by atoms with van der Waals surface area (Å²) in [6.07, 6.45) is 9.00. The van der Waals surface area contributed by atoms with Crippen molar-refractivity contribution in [1.29, 1.82) is 0 Å². The number of amides is 1. The lowest BCUT2D eigenvalue weighted by molar-refractivity contribution is 0.0158. The number of aromatic nitrogens is 3. The molecule has 6 heterocycles. The molecule has 2 aromatic heterocycles. The van der Waals surface area contributed by atoms with Crippen molar-refractivity contribution in [2.75, 3.05) is 74.5 Å². The Kier molecular flexibility index (Phi) is 9.85. The second-order valence-corrected chi connectivity index (χ2v) is 16.7. The molecule has 3 unspecified atom stereocenters. The van der Waals surface area contributed by atoms with E-state index in [1.807, 2.05) is 15.9 Å². The van der Waals surface area contributed by atoms with Gasteiger partial charge in [-0.05, 0) is 92.3 Å². The SMILES string of the molecule is [2H]C1C=CN(c2ccc3c(c2)c(C)cn3C2CCN(CC3(F)CCN(C(=O)c4ccc(C5(F)CCCN(c6cc(-c7ccccc7O)nnc6N)C5)cc4)CC3)CC2)C([2H])N1. The van der Waals surface area contributed by atoms with E-state index < -0.39 is 24.5 Å². The lowest BCUT2D eigenvalue weighted by Gasteiger charge is -2.41. The molecule has 0 radical (unpaired) electrons. The molecule has 0 bridgehead atoms. The number of nitrogen functional groups attached to an aromatic ring is 1. The zero-order valence-corrected chi connectivity index (χ0v) is 33.4. The number of aryl methyl sites for hydroxylation is 1. The first-order chi connectivity index (χ1) is 29.4. The molecule has 3 atom stereocenters. The van der Waals surface area contributed by atoms with Crippen LogP contribution in [0.5, 0.6) is 5.75 Å². The average molecular weight is 804 g/mol. The van der Waals surface area contributed by atoms with Crippen molar-refractivity contribution in [3.63, 3.8) is 0 Å². The highest BCUT2D eigenvalue weighted by Crippen LogP contribution is 2.40. The molecule has 0 aliphatic carbocycles. The number of likely N-dealkylation sites (tertiary alicyclic amines) is 2. The fraction of sp³-hybridized carbons (Fsp3) is 0.413. The Hall–Kier alpha value is -5.53. The minimum absolute atomic E-state index is 0.0428. The predicted molar refractivity (Wildman–Crippen MR) is 229 cm³/mol. The van der Waals surface area contributed by atoms with E-state index in [1.165, 1.54) is 5.56 Å². The molecule has 4 N–H and O–H groups in total. The quantitative estimate of drug-likeness (QED) is 0.148. The van der Waals surface area contributed by atoms with Crippen molar-refractivity contribution < 1.29 is 21.4 Å². The first-order valence-electron chi connectivity index (χ1n) is 21.9. The Morgan fingerprint density at radius 2 is 1.76 bits per heavy atom. The third kappa shape index (κ3) is 7.85. The topological polar surface area (TPSA) is 119 Å². The Morgan fingerprint density at radius 3 is 2.53 bits per heavy atom. The normalized spacial score (nSPS) is 24.6. The monoisotopic (exact) mass is 803 g/mol. The molecule has 3 saturated heterocycles. The van der Waals surface area contributed by atoms with Crippen LogP contribution in [0.3, 0.4) is 0 Å². The molecular formula is C46H53F2N9O2. The van der Waals surface area contributed by atoms with Gasteiger partial charge in [-0.25, -0.2) is 8.78 Å². The van der Waals surface area contributed by atoms with Gasteiger partial charge < -0.3 is 35.0 Å². The molecule has 5 aromatic rings.